The van der Waals surface area contributed by atoms with Gasteiger partial charge in [-0.15, -0.1) is 0 Å². The van der Waals surface area contributed by atoms with E-state index in [2.05, 4.69) is 36.5 Å². The average molecular weight is 255 g/mol. The molecule has 2 N–H and O–H groups in total. The molecule has 0 saturated carbocycles. The molecule has 0 aliphatic rings. The van der Waals surface area contributed by atoms with Crippen molar-refractivity contribution in [2.45, 2.75) is 33.1 Å². The minimum Gasteiger partial charge on any atom is -0.508 e. The fourth-order valence-corrected chi connectivity index (χ4v) is 1.99. The third kappa shape index (κ3) is 3.75. The Hall–Kier alpha value is -1.96. The number of aromatic hydroxyl groups is 1. The Labute approximate surface area is 115 Å². The van der Waals surface area contributed by atoms with E-state index in [1.807, 2.05) is 19.1 Å². The van der Waals surface area contributed by atoms with E-state index in [0.29, 0.717) is 5.75 Å². The number of aryl methyl sites for hydroxylation is 2. The first-order valence-electron chi connectivity index (χ1n) is 6.84. The van der Waals surface area contributed by atoms with Crippen LogP contribution >= 0.6 is 0 Å². The van der Waals surface area contributed by atoms with Gasteiger partial charge in [0, 0.05) is 17.4 Å². The van der Waals surface area contributed by atoms with Gasteiger partial charge in [0.25, 0.3) is 0 Å². The van der Waals surface area contributed by atoms with Gasteiger partial charge in [-0.05, 0) is 49.1 Å². The summed E-state index contributed by atoms with van der Waals surface area (Å²) in [6.07, 6.45) is 3.60. The number of hydrogen-bond donors (Lipinski definition) is 2. The van der Waals surface area contributed by atoms with Crippen LogP contribution in [0.5, 0.6) is 5.75 Å². The highest BCUT2D eigenvalue weighted by Crippen LogP contribution is 2.24. The Morgan fingerprint density at radius 2 is 1.68 bits per heavy atom. The number of phenols is 1. The molecule has 0 heterocycles. The molecule has 19 heavy (non-hydrogen) atoms. The molecule has 0 aromatic heterocycles. The van der Waals surface area contributed by atoms with E-state index in [1.54, 1.807) is 6.07 Å². The fraction of sp³-hybridized carbons (Fsp3) is 0.294. The number of nitrogens with one attached hydrogen (secondary N) is 1. The van der Waals surface area contributed by atoms with Gasteiger partial charge in [0.15, 0.2) is 0 Å². The van der Waals surface area contributed by atoms with Crippen molar-refractivity contribution in [2.24, 2.45) is 0 Å². The second kappa shape index (κ2) is 6.28. The molecule has 0 unspecified atom stereocenters. The molecule has 0 saturated heterocycles. The normalized spacial score (nSPS) is 10.4. The van der Waals surface area contributed by atoms with Gasteiger partial charge >= 0.3 is 0 Å². The minimum atomic E-state index is 0.324. The zero-order valence-electron chi connectivity index (χ0n) is 11.6. The van der Waals surface area contributed by atoms with E-state index < -0.39 is 0 Å². The van der Waals surface area contributed by atoms with Crippen LogP contribution < -0.4 is 5.32 Å². The predicted molar refractivity (Wildman–Crippen MR) is 81.2 cm³/mol. The SMILES string of the molecule is CCCCc1ccc(Nc2ccc(C)c(O)c2)cc1. The molecule has 2 aromatic carbocycles. The number of anilines is 2. The highest BCUT2D eigenvalue weighted by atomic mass is 16.3. The van der Waals surface area contributed by atoms with Crippen molar-refractivity contribution in [2.75, 3.05) is 5.32 Å². The van der Waals surface area contributed by atoms with Crippen LogP contribution in [0.15, 0.2) is 42.5 Å². The summed E-state index contributed by atoms with van der Waals surface area (Å²) in [5.41, 5.74) is 4.22. The van der Waals surface area contributed by atoms with Crippen molar-refractivity contribution in [1.82, 2.24) is 0 Å². The highest BCUT2D eigenvalue weighted by molar-refractivity contribution is 5.62. The molecular formula is C17H21NO. The van der Waals surface area contributed by atoms with Crippen molar-refractivity contribution in [3.8, 4) is 5.75 Å². The molecule has 0 amide bonds. The molecule has 0 radical (unpaired) electrons. The molecule has 2 nitrogen and oxygen atoms in total. The van der Waals surface area contributed by atoms with E-state index in [4.69, 9.17) is 0 Å². The van der Waals surface area contributed by atoms with Crippen LogP contribution in [0.4, 0.5) is 11.4 Å². The van der Waals surface area contributed by atoms with E-state index >= 15 is 0 Å². The number of rotatable bonds is 5. The average Bonchev–Trinajstić information content (AvgIpc) is 2.42. The van der Waals surface area contributed by atoms with E-state index in [1.165, 1.54) is 18.4 Å². The molecule has 0 bridgehead atoms. The number of hydrogen-bond acceptors (Lipinski definition) is 2. The number of phenolic OH excluding ortho intramolecular Hbond substituents is 1. The van der Waals surface area contributed by atoms with Crippen LogP contribution in [0.1, 0.15) is 30.9 Å². The lowest BCUT2D eigenvalue weighted by Gasteiger charge is -2.09. The summed E-state index contributed by atoms with van der Waals surface area (Å²) >= 11 is 0. The van der Waals surface area contributed by atoms with Crippen LogP contribution in [0.25, 0.3) is 0 Å². The Morgan fingerprint density at radius 1 is 1.00 bits per heavy atom. The van der Waals surface area contributed by atoms with Gasteiger partial charge in [-0.25, -0.2) is 0 Å². The Morgan fingerprint density at radius 3 is 2.32 bits per heavy atom. The van der Waals surface area contributed by atoms with Gasteiger partial charge in [-0.1, -0.05) is 31.5 Å². The summed E-state index contributed by atoms with van der Waals surface area (Å²) in [6.45, 7) is 4.10. The predicted octanol–water partition coefficient (Wildman–Crippen LogP) is 4.79. The van der Waals surface area contributed by atoms with Crippen LogP contribution in [0, 0.1) is 6.92 Å². The number of benzene rings is 2. The summed E-state index contributed by atoms with van der Waals surface area (Å²) in [4.78, 5) is 0. The minimum absolute atomic E-state index is 0.324. The largest absolute Gasteiger partial charge is 0.508 e. The third-order valence-corrected chi connectivity index (χ3v) is 3.27. The Kier molecular flexibility index (Phi) is 4.45. The summed E-state index contributed by atoms with van der Waals surface area (Å²) in [6, 6.07) is 14.1. The van der Waals surface area contributed by atoms with E-state index in [0.717, 1.165) is 23.4 Å². The first-order chi connectivity index (χ1) is 9.19. The van der Waals surface area contributed by atoms with Crippen molar-refractivity contribution >= 4 is 11.4 Å². The molecule has 2 heteroatoms. The van der Waals surface area contributed by atoms with Crippen molar-refractivity contribution in [1.29, 1.82) is 0 Å². The topological polar surface area (TPSA) is 32.3 Å². The van der Waals surface area contributed by atoms with Gasteiger partial charge in [0.2, 0.25) is 0 Å². The first kappa shape index (κ1) is 13.5. The molecule has 0 aliphatic heterocycles. The summed E-state index contributed by atoms with van der Waals surface area (Å²) in [5.74, 6) is 0.324. The molecule has 0 fully saturated rings. The van der Waals surface area contributed by atoms with Crippen LogP contribution in [-0.2, 0) is 6.42 Å². The lowest BCUT2D eigenvalue weighted by atomic mass is 10.1. The van der Waals surface area contributed by atoms with Crippen molar-refractivity contribution in [3.63, 3.8) is 0 Å². The second-order valence-electron chi connectivity index (χ2n) is 4.93. The molecule has 0 atom stereocenters. The maximum atomic E-state index is 9.68. The zero-order valence-corrected chi connectivity index (χ0v) is 11.6. The molecule has 0 spiro atoms. The van der Waals surface area contributed by atoms with Crippen LogP contribution in [0.3, 0.4) is 0 Å². The van der Waals surface area contributed by atoms with Gasteiger partial charge in [-0.3, -0.25) is 0 Å². The van der Waals surface area contributed by atoms with E-state index in [-0.39, 0.29) is 0 Å². The maximum Gasteiger partial charge on any atom is 0.120 e. The summed E-state index contributed by atoms with van der Waals surface area (Å²) < 4.78 is 0. The molecule has 0 aliphatic carbocycles. The van der Waals surface area contributed by atoms with Gasteiger partial charge in [0.05, 0.1) is 0 Å². The van der Waals surface area contributed by atoms with Crippen LogP contribution in [-0.4, -0.2) is 5.11 Å². The van der Waals surface area contributed by atoms with Gasteiger partial charge < -0.3 is 10.4 Å². The Bertz CT molecular complexity index is 531. The van der Waals surface area contributed by atoms with Gasteiger partial charge in [-0.2, -0.15) is 0 Å². The summed E-state index contributed by atoms with van der Waals surface area (Å²) in [5, 5.41) is 13.0. The van der Waals surface area contributed by atoms with Gasteiger partial charge in [0.1, 0.15) is 5.75 Å². The summed E-state index contributed by atoms with van der Waals surface area (Å²) in [7, 11) is 0. The smallest absolute Gasteiger partial charge is 0.120 e. The quantitative estimate of drug-likeness (QED) is 0.805. The second-order valence-corrected chi connectivity index (χ2v) is 4.93. The van der Waals surface area contributed by atoms with E-state index in [9.17, 15) is 5.11 Å². The zero-order chi connectivity index (χ0) is 13.7. The fourth-order valence-electron chi connectivity index (χ4n) is 1.99. The number of unbranched alkanes of at least 4 members (excludes halogenated alkanes) is 1. The Balaban J connectivity index is 2.04. The highest BCUT2D eigenvalue weighted by Gasteiger charge is 1.99. The third-order valence-electron chi connectivity index (χ3n) is 3.27. The lowest BCUT2D eigenvalue weighted by Crippen LogP contribution is -1.91. The maximum absolute atomic E-state index is 9.68. The standard InChI is InChI=1S/C17H21NO/c1-3-4-5-14-7-10-15(11-8-14)18-16-9-6-13(2)17(19)12-16/h6-12,18-19H,3-5H2,1-2H3. The first-order valence-corrected chi connectivity index (χ1v) is 6.84. The lowest BCUT2D eigenvalue weighted by molar-refractivity contribution is 0.471. The monoisotopic (exact) mass is 255 g/mol. The van der Waals surface area contributed by atoms with Crippen molar-refractivity contribution < 1.29 is 5.11 Å². The molecule has 2 aromatic rings. The molecule has 2 rings (SSSR count). The van der Waals surface area contributed by atoms with Crippen molar-refractivity contribution in [3.05, 3.63) is 53.6 Å². The molecular weight excluding hydrogens is 234 g/mol. The molecule has 100 valence electrons. The van der Waals surface area contributed by atoms with Crippen LogP contribution in [0.2, 0.25) is 0 Å².